The number of hydrogen-bond donors (Lipinski definition) is 0. The number of nitrogens with zero attached hydrogens (tertiary/aromatic N) is 1. The molecule has 0 N–H and O–H groups in total. The van der Waals surface area contributed by atoms with Crippen LogP contribution in [0.15, 0.2) is 91.0 Å². The number of rotatable bonds is 8. The Morgan fingerprint density at radius 3 is 1.78 bits per heavy atom. The van der Waals surface area contributed by atoms with Gasteiger partial charge in [-0.15, -0.1) is 0 Å². The van der Waals surface area contributed by atoms with Crippen LogP contribution in [0.3, 0.4) is 0 Å². The van der Waals surface area contributed by atoms with Crippen LogP contribution in [0.2, 0.25) is 0 Å². The summed E-state index contributed by atoms with van der Waals surface area (Å²) in [5.41, 5.74) is 3.10. The Morgan fingerprint density at radius 1 is 0.730 bits per heavy atom. The number of ether oxygens (including phenoxy) is 1. The zero-order valence-electron chi connectivity index (χ0n) is 21.4. The molecular formula is C33H35NO3. The minimum absolute atomic E-state index is 0.0705. The summed E-state index contributed by atoms with van der Waals surface area (Å²) in [5.74, 6) is 0.827. The maximum absolute atomic E-state index is 13.7. The molecule has 0 aliphatic heterocycles. The molecule has 4 saturated carbocycles. The molecule has 0 radical (unpaired) electrons. The molecule has 4 aliphatic carbocycles. The minimum Gasteiger partial charge on any atom is -0.455 e. The zero-order valence-corrected chi connectivity index (χ0v) is 21.4. The number of benzene rings is 3. The molecule has 2 atom stereocenters. The van der Waals surface area contributed by atoms with Crippen LogP contribution in [0, 0.1) is 17.3 Å². The van der Waals surface area contributed by atoms with Crippen molar-refractivity contribution >= 4 is 11.9 Å². The molecular weight excluding hydrogens is 458 g/mol. The number of carbonyl (C=O) groups excluding carboxylic acids is 2. The van der Waals surface area contributed by atoms with E-state index >= 15 is 0 Å². The van der Waals surface area contributed by atoms with Crippen molar-refractivity contribution in [2.45, 2.75) is 57.0 Å². The lowest BCUT2D eigenvalue weighted by atomic mass is 9.43. The van der Waals surface area contributed by atoms with Crippen molar-refractivity contribution in [3.8, 4) is 0 Å². The third kappa shape index (κ3) is 4.82. The summed E-state index contributed by atoms with van der Waals surface area (Å²) in [7, 11) is 0. The lowest BCUT2D eigenvalue weighted by molar-refractivity contribution is -0.177. The third-order valence-electron chi connectivity index (χ3n) is 8.99. The number of esters is 1. The summed E-state index contributed by atoms with van der Waals surface area (Å²) in [6, 6.07) is 30.7. The molecule has 3 aromatic rings. The van der Waals surface area contributed by atoms with Gasteiger partial charge in [0, 0.05) is 13.1 Å². The summed E-state index contributed by atoms with van der Waals surface area (Å²) in [5, 5.41) is 0. The summed E-state index contributed by atoms with van der Waals surface area (Å²) in [6.07, 6.45) is 6.23. The van der Waals surface area contributed by atoms with Crippen molar-refractivity contribution in [1.29, 1.82) is 0 Å². The zero-order chi connectivity index (χ0) is 25.3. The van der Waals surface area contributed by atoms with Crippen LogP contribution in [-0.4, -0.2) is 23.4 Å². The fraction of sp³-hybridized carbons (Fsp3) is 0.394. The molecule has 0 spiro atoms. The first-order valence-electron chi connectivity index (χ1n) is 13.6. The van der Waals surface area contributed by atoms with E-state index in [1.165, 1.54) is 24.8 Å². The largest absolute Gasteiger partial charge is 0.455 e. The Labute approximate surface area is 219 Å². The van der Waals surface area contributed by atoms with Gasteiger partial charge in [-0.05, 0) is 72.5 Å². The second-order valence-corrected chi connectivity index (χ2v) is 11.7. The van der Waals surface area contributed by atoms with Gasteiger partial charge in [0.15, 0.2) is 6.61 Å². The normalized spacial score (nSPS) is 27.6. The Balaban J connectivity index is 1.17. The molecule has 1 amide bonds. The fourth-order valence-corrected chi connectivity index (χ4v) is 7.84. The fourth-order valence-electron chi connectivity index (χ4n) is 7.84. The molecule has 4 nitrogen and oxygen atoms in total. The third-order valence-corrected chi connectivity index (χ3v) is 8.99. The molecule has 190 valence electrons. The van der Waals surface area contributed by atoms with Gasteiger partial charge in [-0.3, -0.25) is 9.59 Å². The van der Waals surface area contributed by atoms with Crippen molar-refractivity contribution in [2.24, 2.45) is 17.3 Å². The lowest BCUT2D eigenvalue weighted by Gasteiger charge is -2.61. The van der Waals surface area contributed by atoms with E-state index in [-0.39, 0.29) is 23.9 Å². The number of amides is 1. The maximum atomic E-state index is 13.7. The van der Waals surface area contributed by atoms with E-state index in [4.69, 9.17) is 4.74 Å². The van der Waals surface area contributed by atoms with Gasteiger partial charge in [0.05, 0.1) is 5.41 Å². The molecule has 2 unspecified atom stereocenters. The van der Waals surface area contributed by atoms with E-state index in [2.05, 4.69) is 30.3 Å². The molecule has 4 aliphatic rings. The molecule has 0 aromatic heterocycles. The van der Waals surface area contributed by atoms with E-state index < -0.39 is 5.41 Å². The van der Waals surface area contributed by atoms with Crippen molar-refractivity contribution in [3.63, 3.8) is 0 Å². The van der Waals surface area contributed by atoms with E-state index in [0.29, 0.717) is 24.9 Å². The Hall–Kier alpha value is -3.40. The lowest BCUT2D eigenvalue weighted by Crippen LogP contribution is -2.57. The summed E-state index contributed by atoms with van der Waals surface area (Å²) >= 11 is 0. The summed E-state index contributed by atoms with van der Waals surface area (Å²) in [6.45, 7) is 0.769. The Morgan fingerprint density at radius 2 is 1.24 bits per heavy atom. The van der Waals surface area contributed by atoms with Crippen LogP contribution < -0.4 is 0 Å². The smallest absolute Gasteiger partial charge is 0.312 e. The molecule has 4 bridgehead atoms. The topological polar surface area (TPSA) is 46.6 Å². The van der Waals surface area contributed by atoms with Gasteiger partial charge >= 0.3 is 5.97 Å². The van der Waals surface area contributed by atoms with Crippen molar-refractivity contribution in [3.05, 3.63) is 108 Å². The SMILES string of the molecule is O=C(COC(=O)C12CC3CC(C1)CC(c1ccccc1)(C3)C2)N(Cc1ccccc1)Cc1ccccc1. The van der Waals surface area contributed by atoms with Gasteiger partial charge in [-0.2, -0.15) is 0 Å². The van der Waals surface area contributed by atoms with Crippen molar-refractivity contribution in [2.75, 3.05) is 6.61 Å². The predicted molar refractivity (Wildman–Crippen MR) is 143 cm³/mol. The average Bonchev–Trinajstić information content (AvgIpc) is 2.92. The monoisotopic (exact) mass is 493 g/mol. The van der Waals surface area contributed by atoms with Crippen LogP contribution >= 0.6 is 0 Å². The van der Waals surface area contributed by atoms with Crippen LogP contribution in [0.4, 0.5) is 0 Å². The highest BCUT2D eigenvalue weighted by molar-refractivity contribution is 5.83. The first-order chi connectivity index (χ1) is 18.0. The quantitative estimate of drug-likeness (QED) is 0.346. The van der Waals surface area contributed by atoms with E-state index in [0.717, 1.165) is 30.4 Å². The Kier molecular flexibility index (Phi) is 6.36. The molecule has 0 heterocycles. The van der Waals surface area contributed by atoms with Crippen molar-refractivity contribution in [1.82, 2.24) is 4.90 Å². The standard InChI is InChI=1S/C33H35NO3/c35-30(34(21-25-10-4-1-5-11-25)22-26-12-6-2-7-13-26)23-37-31(36)33-19-27-16-28(20-33)18-32(17-27,24-33)29-14-8-3-9-15-29/h1-15,27-28H,16-24H2. The van der Waals surface area contributed by atoms with Gasteiger partial charge in [0.1, 0.15) is 0 Å². The van der Waals surface area contributed by atoms with Gasteiger partial charge in [0.2, 0.25) is 0 Å². The number of carbonyl (C=O) groups is 2. The van der Waals surface area contributed by atoms with Crippen LogP contribution in [0.1, 0.15) is 55.2 Å². The highest BCUT2D eigenvalue weighted by Crippen LogP contribution is 2.66. The van der Waals surface area contributed by atoms with Gasteiger partial charge in [-0.25, -0.2) is 0 Å². The highest BCUT2D eigenvalue weighted by atomic mass is 16.5. The Bertz CT molecular complexity index is 1180. The first-order valence-corrected chi connectivity index (χ1v) is 13.6. The van der Waals surface area contributed by atoms with Crippen LogP contribution in [0.25, 0.3) is 0 Å². The van der Waals surface area contributed by atoms with E-state index in [1.807, 2.05) is 60.7 Å². The van der Waals surface area contributed by atoms with Crippen LogP contribution in [-0.2, 0) is 32.8 Å². The van der Waals surface area contributed by atoms with Gasteiger partial charge in [0.25, 0.3) is 5.91 Å². The molecule has 4 heteroatoms. The number of hydrogen-bond acceptors (Lipinski definition) is 3. The van der Waals surface area contributed by atoms with Gasteiger partial charge < -0.3 is 9.64 Å². The highest BCUT2D eigenvalue weighted by Gasteiger charge is 2.61. The molecule has 7 rings (SSSR count). The maximum Gasteiger partial charge on any atom is 0.312 e. The molecule has 3 aromatic carbocycles. The predicted octanol–water partition coefficient (Wildman–Crippen LogP) is 6.30. The van der Waals surface area contributed by atoms with Crippen molar-refractivity contribution < 1.29 is 14.3 Å². The van der Waals surface area contributed by atoms with Crippen LogP contribution in [0.5, 0.6) is 0 Å². The summed E-state index contributed by atoms with van der Waals surface area (Å²) < 4.78 is 5.90. The summed E-state index contributed by atoms with van der Waals surface area (Å²) in [4.78, 5) is 28.9. The van der Waals surface area contributed by atoms with Gasteiger partial charge in [-0.1, -0.05) is 91.0 Å². The second-order valence-electron chi connectivity index (χ2n) is 11.7. The second kappa shape index (κ2) is 9.81. The molecule has 0 saturated heterocycles. The van der Waals surface area contributed by atoms with E-state index in [1.54, 1.807) is 4.90 Å². The average molecular weight is 494 g/mol. The molecule has 37 heavy (non-hydrogen) atoms. The first kappa shape index (κ1) is 24.0. The molecule has 4 fully saturated rings. The minimum atomic E-state index is -0.454. The van der Waals surface area contributed by atoms with E-state index in [9.17, 15) is 9.59 Å².